The summed E-state index contributed by atoms with van der Waals surface area (Å²) in [4.78, 5) is 27.4. The van der Waals surface area contributed by atoms with Crippen LogP contribution in [0.2, 0.25) is 0 Å². The number of carbonyl (C=O) groups excluding carboxylic acids is 2. The van der Waals surface area contributed by atoms with Gasteiger partial charge in [-0.3, -0.25) is 0 Å². The molecule has 0 spiro atoms. The molecule has 126 valence electrons. The lowest BCUT2D eigenvalue weighted by atomic mass is 10.0. The third-order valence-electron chi connectivity index (χ3n) is 3.91. The minimum atomic E-state index is -0.740. The minimum Gasteiger partial charge on any atom is -0.465 e. The van der Waals surface area contributed by atoms with Crippen LogP contribution in [0.5, 0.6) is 0 Å². The van der Waals surface area contributed by atoms with Crippen molar-refractivity contribution in [3.8, 4) is 11.3 Å². The number of nitrogens with one attached hydrogen (secondary N) is 1. The smallest absolute Gasteiger partial charge is 0.345 e. The number of aromatic nitrogens is 1. The van der Waals surface area contributed by atoms with Crippen LogP contribution in [0.3, 0.4) is 0 Å². The average molecular weight is 335 g/mol. The molecule has 0 fully saturated rings. The van der Waals surface area contributed by atoms with Crippen molar-refractivity contribution in [2.24, 2.45) is 0 Å². The Morgan fingerprint density at radius 1 is 0.880 bits per heavy atom. The Bertz CT molecular complexity index is 936. The van der Waals surface area contributed by atoms with Gasteiger partial charge in [0.15, 0.2) is 0 Å². The first-order valence-corrected chi connectivity index (χ1v) is 7.70. The van der Waals surface area contributed by atoms with E-state index in [2.05, 4.69) is 4.98 Å². The summed E-state index contributed by atoms with van der Waals surface area (Å²) in [5, 5.41) is 0.895. The lowest BCUT2D eigenvalue weighted by Crippen LogP contribution is -2.15. The van der Waals surface area contributed by atoms with Crippen LogP contribution in [0, 0.1) is 0 Å². The quantitative estimate of drug-likeness (QED) is 0.342. The lowest BCUT2D eigenvalue weighted by molar-refractivity contribution is -0.143. The molecule has 0 atom stereocenters. The van der Waals surface area contributed by atoms with E-state index in [9.17, 15) is 9.59 Å². The molecule has 0 aliphatic carbocycles. The molecule has 0 unspecified atom stereocenters. The van der Waals surface area contributed by atoms with E-state index in [0.717, 1.165) is 27.7 Å². The van der Waals surface area contributed by atoms with Crippen molar-refractivity contribution >= 4 is 28.9 Å². The standard InChI is InChI=1S/C20H17NO4/c1-24-19(22)16(20(23)25-2)12-15-14-10-6-7-11-17(14)21-18(15)13-8-4-3-5-9-13/h3-12,21H,1-2H3. The fourth-order valence-corrected chi connectivity index (χ4v) is 2.71. The molecule has 1 N–H and O–H groups in total. The number of rotatable bonds is 4. The number of H-pyrrole nitrogens is 1. The van der Waals surface area contributed by atoms with Gasteiger partial charge in [0.05, 0.1) is 19.9 Å². The summed E-state index contributed by atoms with van der Waals surface area (Å²) >= 11 is 0. The van der Waals surface area contributed by atoms with Gasteiger partial charge in [-0.15, -0.1) is 0 Å². The first-order chi connectivity index (χ1) is 12.2. The summed E-state index contributed by atoms with van der Waals surface area (Å²) in [6, 6.07) is 17.4. The van der Waals surface area contributed by atoms with Crippen LogP contribution in [0.4, 0.5) is 0 Å². The second kappa shape index (κ2) is 7.05. The summed E-state index contributed by atoms with van der Waals surface area (Å²) in [5.74, 6) is -1.48. The van der Waals surface area contributed by atoms with Gasteiger partial charge in [0.1, 0.15) is 5.57 Å². The van der Waals surface area contributed by atoms with Crippen molar-refractivity contribution in [2.45, 2.75) is 0 Å². The normalized spacial score (nSPS) is 10.3. The third kappa shape index (κ3) is 3.17. The molecule has 0 saturated carbocycles. The fraction of sp³-hybridized carbons (Fsp3) is 0.100. The molecule has 0 amide bonds. The topological polar surface area (TPSA) is 68.4 Å². The average Bonchev–Trinajstić information content (AvgIpc) is 3.04. The highest BCUT2D eigenvalue weighted by Gasteiger charge is 2.22. The van der Waals surface area contributed by atoms with Gasteiger partial charge >= 0.3 is 11.9 Å². The molecule has 0 aliphatic rings. The van der Waals surface area contributed by atoms with Crippen LogP contribution >= 0.6 is 0 Å². The first kappa shape index (κ1) is 16.5. The number of carbonyl (C=O) groups is 2. The maximum absolute atomic E-state index is 12.0. The molecule has 5 heteroatoms. The Kier molecular flexibility index (Phi) is 4.66. The van der Waals surface area contributed by atoms with Gasteiger partial charge in [-0.05, 0) is 17.7 Å². The van der Waals surface area contributed by atoms with Gasteiger partial charge in [-0.2, -0.15) is 0 Å². The van der Waals surface area contributed by atoms with Crippen molar-refractivity contribution < 1.29 is 19.1 Å². The highest BCUT2D eigenvalue weighted by molar-refractivity contribution is 6.19. The number of benzene rings is 2. The van der Waals surface area contributed by atoms with Gasteiger partial charge in [0.2, 0.25) is 0 Å². The molecule has 1 heterocycles. The van der Waals surface area contributed by atoms with Gasteiger partial charge in [-0.25, -0.2) is 9.59 Å². The van der Waals surface area contributed by atoms with Crippen LogP contribution in [-0.4, -0.2) is 31.1 Å². The largest absolute Gasteiger partial charge is 0.465 e. The summed E-state index contributed by atoms with van der Waals surface area (Å²) in [6.07, 6.45) is 1.51. The summed E-state index contributed by atoms with van der Waals surface area (Å²) in [6.45, 7) is 0. The monoisotopic (exact) mass is 335 g/mol. The van der Waals surface area contributed by atoms with Crippen LogP contribution in [0.25, 0.3) is 28.2 Å². The highest BCUT2D eigenvalue weighted by atomic mass is 16.5. The third-order valence-corrected chi connectivity index (χ3v) is 3.91. The fourth-order valence-electron chi connectivity index (χ4n) is 2.71. The van der Waals surface area contributed by atoms with Crippen LogP contribution in [0.15, 0.2) is 60.2 Å². The number of hydrogen-bond donors (Lipinski definition) is 1. The van der Waals surface area contributed by atoms with Crippen LogP contribution < -0.4 is 0 Å². The summed E-state index contributed by atoms with van der Waals surface area (Å²) < 4.78 is 9.45. The Hall–Kier alpha value is -3.34. The summed E-state index contributed by atoms with van der Waals surface area (Å²) in [5.41, 5.74) is 3.23. The predicted molar refractivity (Wildman–Crippen MR) is 95.7 cm³/mol. The predicted octanol–water partition coefficient (Wildman–Crippen LogP) is 3.56. The molecule has 0 aliphatic heterocycles. The summed E-state index contributed by atoms with van der Waals surface area (Å²) in [7, 11) is 2.46. The SMILES string of the molecule is COC(=O)C(=Cc1c(-c2ccccc2)[nH]c2ccccc12)C(=O)OC. The van der Waals surface area contributed by atoms with E-state index in [1.54, 1.807) is 0 Å². The number of fused-ring (bicyclic) bond motifs is 1. The van der Waals surface area contributed by atoms with Crippen molar-refractivity contribution in [3.63, 3.8) is 0 Å². The number of methoxy groups -OCH3 is 2. The van der Waals surface area contributed by atoms with Crippen LogP contribution in [0.1, 0.15) is 5.56 Å². The molecular weight excluding hydrogens is 318 g/mol. The zero-order valence-corrected chi connectivity index (χ0v) is 13.9. The Morgan fingerprint density at radius 2 is 1.48 bits per heavy atom. The molecule has 3 rings (SSSR count). The van der Waals surface area contributed by atoms with Crippen molar-refractivity contribution in [2.75, 3.05) is 14.2 Å². The molecule has 1 aromatic heterocycles. The van der Waals surface area contributed by atoms with E-state index in [1.807, 2.05) is 54.6 Å². The van der Waals surface area contributed by atoms with Crippen molar-refractivity contribution in [1.82, 2.24) is 4.98 Å². The molecule has 0 radical (unpaired) electrons. The van der Waals surface area contributed by atoms with Crippen molar-refractivity contribution in [1.29, 1.82) is 0 Å². The number of aromatic amines is 1. The van der Waals surface area contributed by atoms with Gasteiger partial charge in [0.25, 0.3) is 0 Å². The van der Waals surface area contributed by atoms with Crippen molar-refractivity contribution in [3.05, 3.63) is 65.7 Å². The molecule has 3 aromatic rings. The van der Waals surface area contributed by atoms with E-state index < -0.39 is 11.9 Å². The van der Waals surface area contributed by atoms with Gasteiger partial charge < -0.3 is 14.5 Å². The maximum Gasteiger partial charge on any atom is 0.345 e. The maximum atomic E-state index is 12.0. The Balaban J connectivity index is 2.28. The molecule has 2 aromatic carbocycles. The van der Waals surface area contributed by atoms with Gasteiger partial charge in [-0.1, -0.05) is 48.5 Å². The number of para-hydroxylation sites is 1. The number of hydrogen-bond acceptors (Lipinski definition) is 4. The molecule has 25 heavy (non-hydrogen) atoms. The first-order valence-electron chi connectivity index (χ1n) is 7.70. The van der Waals surface area contributed by atoms with E-state index in [4.69, 9.17) is 9.47 Å². The Morgan fingerprint density at radius 3 is 2.12 bits per heavy atom. The number of ether oxygens (including phenoxy) is 2. The highest BCUT2D eigenvalue weighted by Crippen LogP contribution is 2.32. The van der Waals surface area contributed by atoms with Crippen LogP contribution in [-0.2, 0) is 19.1 Å². The van der Waals surface area contributed by atoms with E-state index >= 15 is 0 Å². The zero-order chi connectivity index (χ0) is 17.8. The second-order valence-corrected chi connectivity index (χ2v) is 5.37. The van der Waals surface area contributed by atoms with E-state index in [1.165, 1.54) is 20.3 Å². The zero-order valence-electron chi connectivity index (χ0n) is 13.9. The Labute approximate surface area is 144 Å². The second-order valence-electron chi connectivity index (χ2n) is 5.37. The minimum absolute atomic E-state index is 0.160. The number of esters is 2. The molecule has 0 saturated heterocycles. The van der Waals surface area contributed by atoms with Gasteiger partial charge in [0, 0.05) is 16.5 Å². The molecule has 0 bridgehead atoms. The molecular formula is C20H17NO4. The van der Waals surface area contributed by atoms with E-state index in [0.29, 0.717) is 0 Å². The molecule has 5 nitrogen and oxygen atoms in total. The van der Waals surface area contributed by atoms with E-state index in [-0.39, 0.29) is 5.57 Å². The lowest BCUT2D eigenvalue weighted by Gasteiger charge is -2.05.